The van der Waals surface area contributed by atoms with Crippen molar-refractivity contribution in [3.05, 3.63) is 197 Å². The van der Waals surface area contributed by atoms with Gasteiger partial charge in [0, 0.05) is 92.3 Å². The fourth-order valence-electron chi connectivity index (χ4n) is 9.42. The minimum Gasteiger partial charge on any atom is -0.510 e. The first-order valence-corrected chi connectivity index (χ1v) is 23.1. The first-order chi connectivity index (χ1) is 52.0. The van der Waals surface area contributed by atoms with Crippen LogP contribution in [0.2, 0.25) is 0 Å². The Morgan fingerprint density at radius 1 is 0.640 bits per heavy atom. The number of pyridine rings is 1. The molecule has 5 nitrogen and oxygen atoms in total. The molecular formula is C69H68N4OPt-2. The standard InChI is InChI=1S/C69H68N4O.Pt/c1-44-36-53(45-24-28-55-57(38-45)68(9,10)33-31-66(55,5)6)64(54(37-44)46-25-29-56-58(39-46)69(11,12)34-32-67(56,7)8)72-43-71(60-22-15-16-23-61(60)72)48-18-17-19-49(41-48)74-50-26-27-52-51-20-13-14-21-59(51)73(62(52)42-50)63-40-47(30-35-70-63)65(2,3)4;/h13-30,35-40H,31-34H2,1-12H3;/q-2;/i1D3,5D3,6D3,7D3,8D3,9D3,10D3,11D3,12D3,24D,25D,28D,29D,31D2,32D2,33D2,34D2,38D,39D;. The maximum Gasteiger partial charge on any atom is 0.268 e. The van der Waals surface area contributed by atoms with Crippen molar-refractivity contribution >= 4 is 32.8 Å². The molecule has 0 fully saturated rings. The van der Waals surface area contributed by atoms with Crippen molar-refractivity contribution in [2.24, 2.45) is 0 Å². The molecule has 0 spiro atoms. The Labute approximate surface area is 516 Å². The molecule has 0 amide bonds. The van der Waals surface area contributed by atoms with Crippen LogP contribution in [0.1, 0.15) is 191 Å². The van der Waals surface area contributed by atoms with E-state index in [4.69, 9.17) is 46.7 Å². The van der Waals surface area contributed by atoms with Gasteiger partial charge in [-0.15, -0.1) is 29.7 Å². The van der Waals surface area contributed by atoms with Gasteiger partial charge in [-0.3, -0.25) is 4.57 Å². The summed E-state index contributed by atoms with van der Waals surface area (Å²) in [6.07, 6.45) is -15.0. The predicted molar refractivity (Wildman–Crippen MR) is 305 cm³/mol. The van der Waals surface area contributed by atoms with Gasteiger partial charge in [-0.25, -0.2) is 4.98 Å². The van der Waals surface area contributed by atoms with Crippen molar-refractivity contribution in [1.29, 1.82) is 0 Å². The van der Waals surface area contributed by atoms with E-state index in [0.29, 0.717) is 23.5 Å². The second kappa shape index (κ2) is 18.1. The number of hydrogen-bond donors (Lipinski definition) is 0. The fourth-order valence-corrected chi connectivity index (χ4v) is 9.42. The Balaban J connectivity index is 0.0000132. The summed E-state index contributed by atoms with van der Waals surface area (Å²) in [5, 5.41) is 1.55. The molecule has 382 valence electrons. The third-order valence-corrected chi connectivity index (χ3v) is 13.0. The van der Waals surface area contributed by atoms with Crippen molar-refractivity contribution < 1.29 is 86.6 Å². The Kier molecular flexibility index (Phi) is 5.25. The molecule has 6 heteroatoms. The van der Waals surface area contributed by atoms with Gasteiger partial charge in [0.2, 0.25) is 0 Å². The molecule has 0 aliphatic heterocycles. The molecule has 12 rings (SSSR count). The SMILES string of the molecule is [2H]c1c([2H])c2c(c([2H])c1-c1cc(C([2H])([2H])[2H])cc(-c3c([2H])c([2H])c4c(c3[2H])C(C([2H])([2H])[2H])(C([2H])([2H])[2H])C([2H])([2H])C([2H])([2H])C4(C([2H])([2H])[2H])C([2H])([2H])[2H])c1-[n+]1[c-]n(-c3[c-]c(Oc4[c-]c5c(cc4)c4ccccc4n5-c4cc(C(C)(C)C)ccn4)ccc3)c3ccccc31)C(C([2H])([2H])[2H])(C([2H])([2H])[2H])C([2H])([2H])C([2H])([2H])C2(C([2H])([2H])[2H])C([2H])([2H])[2H].[Pt]. The number of hydrogen-bond acceptors (Lipinski definition) is 2. The molecule has 0 N–H and O–H groups in total. The summed E-state index contributed by atoms with van der Waals surface area (Å²) in [5.41, 5.74) is -33.9. The number of rotatable bonds is 7. The number of fused-ring (bicyclic) bond motifs is 6. The van der Waals surface area contributed by atoms with Gasteiger partial charge in [0.05, 0.1) is 24.9 Å². The van der Waals surface area contributed by atoms with Crippen LogP contribution in [0.25, 0.3) is 72.3 Å². The molecule has 0 radical (unpaired) electrons. The number of benzene rings is 7. The molecule has 0 bridgehead atoms. The summed E-state index contributed by atoms with van der Waals surface area (Å²) in [4.78, 5) is 4.73. The van der Waals surface area contributed by atoms with Crippen molar-refractivity contribution in [3.8, 4) is 50.9 Å². The van der Waals surface area contributed by atoms with Crippen LogP contribution < -0.4 is 9.30 Å². The molecule has 0 atom stereocenters. The van der Waals surface area contributed by atoms with Crippen molar-refractivity contribution in [1.82, 2.24) is 14.1 Å². The van der Waals surface area contributed by atoms with Crippen LogP contribution in [-0.2, 0) is 48.1 Å². The molecule has 0 saturated carbocycles. The average molecular weight is 1210 g/mol. The van der Waals surface area contributed by atoms with E-state index < -0.39 is 201 Å². The largest absolute Gasteiger partial charge is 0.510 e. The third-order valence-electron chi connectivity index (χ3n) is 13.0. The third kappa shape index (κ3) is 8.68. The summed E-state index contributed by atoms with van der Waals surface area (Å²) in [6.45, 7) is -34.8. The van der Waals surface area contributed by atoms with E-state index in [1.165, 1.54) is 42.5 Å². The Morgan fingerprint density at radius 2 is 1.24 bits per heavy atom. The van der Waals surface area contributed by atoms with E-state index in [-0.39, 0.29) is 54.7 Å². The predicted octanol–water partition coefficient (Wildman–Crippen LogP) is 17.2. The van der Waals surface area contributed by atoms with Gasteiger partial charge in [0.1, 0.15) is 5.82 Å². The maximum absolute atomic E-state index is 10.5. The quantitative estimate of drug-likeness (QED) is 0.118. The van der Waals surface area contributed by atoms with Crippen LogP contribution in [0.15, 0.2) is 146 Å². The Bertz CT molecular complexity index is 5430. The van der Waals surface area contributed by atoms with E-state index in [1.54, 1.807) is 18.3 Å². The van der Waals surface area contributed by atoms with Crippen LogP contribution in [-0.4, -0.2) is 14.1 Å². The van der Waals surface area contributed by atoms with E-state index in [1.807, 2.05) is 61.7 Å². The average Bonchev–Trinajstić information content (AvgIpc) is 0.779. The topological polar surface area (TPSA) is 35.9 Å². The zero-order valence-corrected chi connectivity index (χ0v) is 42.2. The van der Waals surface area contributed by atoms with Crippen LogP contribution in [0.3, 0.4) is 0 Å². The van der Waals surface area contributed by atoms with Crippen LogP contribution >= 0.6 is 0 Å². The van der Waals surface area contributed by atoms with Crippen LogP contribution in [0, 0.1) is 25.3 Å². The summed E-state index contributed by atoms with van der Waals surface area (Å²) in [6, 6.07) is 20.3. The van der Waals surface area contributed by atoms with Crippen molar-refractivity contribution in [2.45, 2.75) is 135 Å². The Morgan fingerprint density at radius 3 is 1.87 bits per heavy atom. The van der Waals surface area contributed by atoms with Gasteiger partial charge in [0.15, 0.2) is 0 Å². The van der Waals surface area contributed by atoms with Crippen LogP contribution in [0.5, 0.6) is 11.5 Å². The Hall–Kier alpha value is -6.55. The van der Waals surface area contributed by atoms with Gasteiger partial charge >= 0.3 is 0 Å². The normalized spacial score (nSPS) is 28.6. The summed E-state index contributed by atoms with van der Waals surface area (Å²) >= 11 is 0. The van der Waals surface area contributed by atoms with Crippen molar-refractivity contribution in [3.63, 3.8) is 0 Å². The number of para-hydroxylation sites is 3. The molecule has 75 heavy (non-hydrogen) atoms. The molecule has 3 aromatic heterocycles. The van der Waals surface area contributed by atoms with E-state index in [2.05, 4.69) is 18.5 Å². The van der Waals surface area contributed by atoms with Gasteiger partial charge in [-0.05, 0) is 139 Å². The fraction of sp³-hybridized carbons (Fsp3) is 0.304. The monoisotopic (exact) mass is 1200 g/mol. The summed E-state index contributed by atoms with van der Waals surface area (Å²) < 4.78 is 391. The molecule has 2 aliphatic rings. The van der Waals surface area contributed by atoms with E-state index in [9.17, 15) is 19.2 Å². The summed E-state index contributed by atoms with van der Waals surface area (Å²) in [5.74, 6) is 0.533. The van der Waals surface area contributed by atoms with Gasteiger partial charge in [0.25, 0.3) is 6.33 Å². The number of nitrogens with zero attached hydrogens (tertiary/aromatic N) is 4. The minimum absolute atomic E-state index is 0. The van der Waals surface area contributed by atoms with Crippen LogP contribution in [0.4, 0.5) is 0 Å². The maximum atomic E-state index is 10.5. The molecule has 2 aliphatic carbocycles. The summed E-state index contributed by atoms with van der Waals surface area (Å²) in [7, 11) is 0. The number of imidazole rings is 1. The first kappa shape index (κ1) is 21.8. The van der Waals surface area contributed by atoms with E-state index >= 15 is 0 Å². The molecule has 0 saturated heterocycles. The second-order valence-corrected chi connectivity index (χ2v) is 19.3. The minimum atomic E-state index is -4.96. The number of aryl methyl sites for hydroxylation is 1. The second-order valence-electron chi connectivity index (χ2n) is 19.3. The molecule has 10 aromatic rings. The first-order valence-electron chi connectivity index (χ1n) is 43.6. The molecule has 0 unspecified atom stereocenters. The van der Waals surface area contributed by atoms with E-state index in [0.717, 1.165) is 31.0 Å². The molecule has 3 heterocycles. The smallest absolute Gasteiger partial charge is 0.268 e. The number of aromatic nitrogens is 4. The zero-order valence-electron chi connectivity index (χ0n) is 80.9. The molecular weight excluding hydrogens is 1100 g/mol. The molecule has 7 aromatic carbocycles. The van der Waals surface area contributed by atoms with Gasteiger partial charge in [-0.1, -0.05) is 178 Å². The van der Waals surface area contributed by atoms with Gasteiger partial charge in [-0.2, -0.15) is 18.2 Å². The number of ether oxygens (including phenoxy) is 1. The zero-order chi connectivity index (χ0) is 86.6. The van der Waals surface area contributed by atoms with Gasteiger partial charge < -0.3 is 13.9 Å². The van der Waals surface area contributed by atoms with Crippen molar-refractivity contribution in [2.75, 3.05) is 0 Å².